The number of nitrogens with two attached hydrogens (primary N) is 1. The fraction of sp³-hybridized carbons (Fsp3) is 0.526. The molecule has 6 nitrogen and oxygen atoms in total. The van der Waals surface area contributed by atoms with Crippen LogP contribution < -0.4 is 10.5 Å². The van der Waals surface area contributed by atoms with Gasteiger partial charge in [0.25, 0.3) is 0 Å². The van der Waals surface area contributed by atoms with E-state index in [0.717, 1.165) is 17.6 Å². The van der Waals surface area contributed by atoms with E-state index in [2.05, 4.69) is 5.92 Å². The van der Waals surface area contributed by atoms with Crippen molar-refractivity contribution in [3.8, 4) is 18.1 Å². The third-order valence-electron chi connectivity index (χ3n) is 3.29. The van der Waals surface area contributed by atoms with Gasteiger partial charge < -0.3 is 29.5 Å². The largest absolute Gasteiger partial charge is 0.491 e. The Labute approximate surface area is 159 Å². The van der Waals surface area contributed by atoms with Crippen molar-refractivity contribution >= 4 is 18.0 Å². The number of carbonyl (C=O) groups is 1. The van der Waals surface area contributed by atoms with Crippen LogP contribution in [0.3, 0.4) is 0 Å². The Hall–Kier alpha value is -1.56. The zero-order chi connectivity index (χ0) is 18.9. The Morgan fingerprint density at radius 3 is 2.23 bits per heavy atom. The molecule has 26 heavy (non-hydrogen) atoms. The zero-order valence-corrected chi connectivity index (χ0v) is 15.7. The van der Waals surface area contributed by atoms with E-state index in [1.807, 2.05) is 24.3 Å². The van der Waals surface area contributed by atoms with Crippen LogP contribution in [-0.2, 0) is 19.0 Å². The molecular weight excluding hydrogens is 354 g/mol. The maximum Gasteiger partial charge on any atom is 0.121 e. The summed E-state index contributed by atoms with van der Waals surface area (Å²) in [6.45, 7) is 3.24. The molecule has 1 aromatic carbocycles. The Bertz CT molecular complexity index is 518. The predicted molar refractivity (Wildman–Crippen MR) is 103 cm³/mol. The van der Waals surface area contributed by atoms with Gasteiger partial charge in [-0.05, 0) is 17.7 Å². The van der Waals surface area contributed by atoms with Crippen LogP contribution in [0.4, 0.5) is 0 Å². The van der Waals surface area contributed by atoms with Crippen molar-refractivity contribution in [2.24, 2.45) is 5.73 Å². The molecule has 7 heteroatoms. The highest BCUT2D eigenvalue weighted by Crippen LogP contribution is 2.31. The van der Waals surface area contributed by atoms with Crippen LogP contribution >= 0.6 is 11.8 Å². The Balaban J connectivity index is 2.10. The Morgan fingerprint density at radius 1 is 1.04 bits per heavy atom. The lowest BCUT2D eigenvalue weighted by Gasteiger charge is -2.14. The number of rotatable bonds is 16. The van der Waals surface area contributed by atoms with E-state index in [0.29, 0.717) is 58.5 Å². The summed E-state index contributed by atoms with van der Waals surface area (Å²) in [6, 6.07) is 7.71. The molecule has 1 rings (SSSR count). The third-order valence-corrected chi connectivity index (χ3v) is 4.34. The average Bonchev–Trinajstić information content (AvgIpc) is 2.66. The summed E-state index contributed by atoms with van der Waals surface area (Å²) < 4.78 is 21.5. The molecular formula is C19H27NO5S. The molecule has 1 aromatic rings. The van der Waals surface area contributed by atoms with Gasteiger partial charge in [0.2, 0.25) is 0 Å². The molecule has 0 aliphatic carbocycles. The van der Waals surface area contributed by atoms with E-state index in [1.165, 1.54) is 0 Å². The first kappa shape index (κ1) is 22.5. The Kier molecular flexibility index (Phi) is 13.6. The van der Waals surface area contributed by atoms with E-state index >= 15 is 0 Å². The minimum Gasteiger partial charge on any atom is -0.491 e. The van der Waals surface area contributed by atoms with Crippen molar-refractivity contribution in [2.75, 3.05) is 52.1 Å². The van der Waals surface area contributed by atoms with Gasteiger partial charge in [0.15, 0.2) is 0 Å². The second-order valence-electron chi connectivity index (χ2n) is 5.12. The maximum atomic E-state index is 10.7. The molecule has 0 spiro atoms. The third kappa shape index (κ3) is 10.4. The highest BCUT2D eigenvalue weighted by atomic mass is 32.2. The molecule has 0 aliphatic heterocycles. The van der Waals surface area contributed by atoms with Crippen LogP contribution in [0.1, 0.15) is 17.2 Å². The van der Waals surface area contributed by atoms with Crippen LogP contribution in [0.2, 0.25) is 0 Å². The fourth-order valence-electron chi connectivity index (χ4n) is 2.07. The number of thioether (sulfide) groups is 1. The van der Waals surface area contributed by atoms with Crippen LogP contribution in [0, 0.1) is 12.3 Å². The lowest BCUT2D eigenvalue weighted by Crippen LogP contribution is -2.12. The number of carbonyl (C=O) groups excluding carboxylic acids is 1. The SMILES string of the molecule is C#CCOCCOCCOCCOc1ccc(C(CC=O)SCN)cc1. The second-order valence-corrected chi connectivity index (χ2v) is 6.36. The van der Waals surface area contributed by atoms with E-state index in [9.17, 15) is 4.79 Å². The lowest BCUT2D eigenvalue weighted by molar-refractivity contribution is -0.107. The smallest absolute Gasteiger partial charge is 0.121 e. The fourth-order valence-corrected chi connectivity index (χ4v) is 2.87. The number of ether oxygens (including phenoxy) is 4. The topological polar surface area (TPSA) is 80.0 Å². The number of benzene rings is 1. The second kappa shape index (κ2) is 15.7. The molecule has 0 aromatic heterocycles. The summed E-state index contributed by atoms with van der Waals surface area (Å²) in [6.07, 6.45) is 6.43. The highest BCUT2D eigenvalue weighted by Gasteiger charge is 2.10. The van der Waals surface area contributed by atoms with E-state index in [1.54, 1.807) is 11.8 Å². The monoisotopic (exact) mass is 381 g/mol. The first-order valence-corrected chi connectivity index (χ1v) is 9.51. The van der Waals surface area contributed by atoms with Gasteiger partial charge in [-0.3, -0.25) is 0 Å². The first-order chi connectivity index (χ1) is 12.8. The molecule has 0 radical (unpaired) electrons. The van der Waals surface area contributed by atoms with Crippen molar-refractivity contribution in [3.63, 3.8) is 0 Å². The molecule has 0 aliphatic rings. The Morgan fingerprint density at radius 2 is 1.65 bits per heavy atom. The standard InChI is InChI=1S/C19H27NO5S/c1-2-9-22-10-11-23-12-13-24-14-15-25-18-5-3-17(4-6-18)19(7-8-21)26-16-20/h1,3-6,8,19H,7,9-16,20H2. The molecule has 0 fully saturated rings. The first-order valence-electron chi connectivity index (χ1n) is 8.46. The lowest BCUT2D eigenvalue weighted by atomic mass is 10.1. The summed E-state index contributed by atoms with van der Waals surface area (Å²) >= 11 is 1.55. The molecule has 1 unspecified atom stereocenters. The van der Waals surface area contributed by atoms with Gasteiger partial charge in [-0.2, -0.15) is 0 Å². The van der Waals surface area contributed by atoms with Gasteiger partial charge in [-0.15, -0.1) is 18.2 Å². The molecule has 144 valence electrons. The zero-order valence-electron chi connectivity index (χ0n) is 14.9. The van der Waals surface area contributed by atoms with Crippen molar-refractivity contribution in [3.05, 3.63) is 29.8 Å². The molecule has 1 atom stereocenters. The van der Waals surface area contributed by atoms with E-state index < -0.39 is 0 Å². The normalized spacial score (nSPS) is 11.7. The van der Waals surface area contributed by atoms with E-state index in [-0.39, 0.29) is 5.25 Å². The molecule has 0 heterocycles. The summed E-state index contributed by atoms with van der Waals surface area (Å²) in [7, 11) is 0. The minimum atomic E-state index is 0.0897. The molecule has 0 amide bonds. The number of terminal acetylenes is 1. The van der Waals surface area contributed by atoms with Crippen LogP contribution in [-0.4, -0.2) is 58.4 Å². The quantitative estimate of drug-likeness (QED) is 0.203. The van der Waals surface area contributed by atoms with E-state index in [4.69, 9.17) is 31.1 Å². The molecule has 0 saturated heterocycles. The summed E-state index contributed by atoms with van der Waals surface area (Å²) in [5.74, 6) is 3.64. The predicted octanol–water partition coefficient (Wildman–Crippen LogP) is 2.03. The number of aldehydes is 1. The number of hydrogen-bond acceptors (Lipinski definition) is 7. The maximum absolute atomic E-state index is 10.7. The summed E-state index contributed by atoms with van der Waals surface area (Å²) in [5.41, 5.74) is 6.63. The molecule has 2 N–H and O–H groups in total. The van der Waals surface area contributed by atoms with Crippen LogP contribution in [0.5, 0.6) is 5.75 Å². The van der Waals surface area contributed by atoms with Gasteiger partial charge in [0.1, 0.15) is 25.2 Å². The van der Waals surface area contributed by atoms with Gasteiger partial charge in [-0.1, -0.05) is 18.1 Å². The molecule has 0 bridgehead atoms. The van der Waals surface area contributed by atoms with Crippen molar-refractivity contribution in [1.82, 2.24) is 0 Å². The average molecular weight is 381 g/mol. The van der Waals surface area contributed by atoms with Crippen LogP contribution in [0.15, 0.2) is 24.3 Å². The molecule has 0 saturated carbocycles. The highest BCUT2D eigenvalue weighted by molar-refractivity contribution is 7.99. The van der Waals surface area contributed by atoms with Crippen molar-refractivity contribution in [2.45, 2.75) is 11.7 Å². The van der Waals surface area contributed by atoms with Gasteiger partial charge in [0.05, 0.1) is 33.0 Å². The number of hydrogen-bond donors (Lipinski definition) is 1. The van der Waals surface area contributed by atoms with Gasteiger partial charge >= 0.3 is 0 Å². The van der Waals surface area contributed by atoms with Crippen LogP contribution in [0.25, 0.3) is 0 Å². The van der Waals surface area contributed by atoms with Gasteiger partial charge in [-0.25, -0.2) is 0 Å². The summed E-state index contributed by atoms with van der Waals surface area (Å²) in [4.78, 5) is 10.7. The van der Waals surface area contributed by atoms with Gasteiger partial charge in [0, 0.05) is 17.5 Å². The van der Waals surface area contributed by atoms with Crippen molar-refractivity contribution in [1.29, 1.82) is 0 Å². The minimum absolute atomic E-state index is 0.0897. The summed E-state index contributed by atoms with van der Waals surface area (Å²) in [5, 5.41) is 0.0897. The van der Waals surface area contributed by atoms with Crippen molar-refractivity contribution < 1.29 is 23.7 Å².